The van der Waals surface area contributed by atoms with Crippen molar-refractivity contribution in [2.45, 2.75) is 0 Å². The van der Waals surface area contributed by atoms with E-state index in [-0.39, 0.29) is 0 Å². The quantitative estimate of drug-likeness (QED) is 0.181. The first kappa shape index (κ1) is 28.7. The highest BCUT2D eigenvalue weighted by molar-refractivity contribution is 7.27. The lowest BCUT2D eigenvalue weighted by Gasteiger charge is -2.11. The number of hydrogen-bond donors (Lipinski definition) is 0. The zero-order valence-corrected chi connectivity index (χ0v) is 27.9. The minimum atomic E-state index is 0.967. The van der Waals surface area contributed by atoms with Crippen LogP contribution in [0.5, 0.6) is 0 Å². The third-order valence-electron chi connectivity index (χ3n) is 9.81. The molecule has 3 heteroatoms. The summed E-state index contributed by atoms with van der Waals surface area (Å²) in [6.07, 6.45) is 0. The van der Waals surface area contributed by atoms with Gasteiger partial charge in [-0.3, -0.25) is 0 Å². The van der Waals surface area contributed by atoms with Crippen molar-refractivity contribution in [1.29, 1.82) is 0 Å². The van der Waals surface area contributed by atoms with Gasteiger partial charge in [-0.15, -0.1) is 11.3 Å². The Balaban J connectivity index is 1.11. The van der Waals surface area contributed by atoms with Gasteiger partial charge in [0.05, 0.1) is 22.4 Å². The van der Waals surface area contributed by atoms with Gasteiger partial charge in [-0.2, -0.15) is 0 Å². The predicted molar refractivity (Wildman–Crippen MR) is 213 cm³/mol. The number of para-hydroxylation sites is 2. The molecule has 0 aliphatic rings. The summed E-state index contributed by atoms with van der Waals surface area (Å²) in [7, 11) is 0. The van der Waals surface area contributed by atoms with E-state index in [1.165, 1.54) is 64.4 Å². The standard InChI is InChI=1S/C47H30N2S/c1-4-13-31(14-5-1)35-29-41(33-15-6-2-7-16-33)48-42(30-35)34-25-23-32(24-26-34)37-20-12-21-38-39-27-28-44-45(47(39)50-46(37)38)40-19-10-11-22-43(40)49(44)36-17-8-3-9-18-36/h1-30H. The monoisotopic (exact) mass is 654 g/mol. The third kappa shape index (κ3) is 4.67. The fourth-order valence-electron chi connectivity index (χ4n) is 7.44. The molecule has 3 aromatic heterocycles. The zero-order chi connectivity index (χ0) is 33.0. The van der Waals surface area contributed by atoms with Crippen molar-refractivity contribution in [1.82, 2.24) is 9.55 Å². The van der Waals surface area contributed by atoms with Gasteiger partial charge >= 0.3 is 0 Å². The summed E-state index contributed by atoms with van der Waals surface area (Å²) < 4.78 is 5.05. The Kier molecular flexibility index (Phi) is 6.71. The molecule has 0 N–H and O–H groups in total. The van der Waals surface area contributed by atoms with Gasteiger partial charge in [0, 0.05) is 47.8 Å². The summed E-state index contributed by atoms with van der Waals surface area (Å²) >= 11 is 1.91. The number of pyridine rings is 1. The molecule has 0 aliphatic heterocycles. The SMILES string of the molecule is c1ccc(-c2cc(-c3ccccc3)nc(-c3ccc(-c4cccc5c4sc4c5ccc5c4c4ccccc4n5-c4ccccc4)cc3)c2)cc1. The van der Waals surface area contributed by atoms with Gasteiger partial charge in [-0.1, -0.05) is 146 Å². The Labute approximate surface area is 294 Å². The minimum Gasteiger partial charge on any atom is -0.309 e. The minimum absolute atomic E-state index is 0.967. The number of fused-ring (bicyclic) bond motifs is 7. The van der Waals surface area contributed by atoms with Gasteiger partial charge in [0.2, 0.25) is 0 Å². The molecule has 234 valence electrons. The van der Waals surface area contributed by atoms with Gasteiger partial charge in [0.15, 0.2) is 0 Å². The van der Waals surface area contributed by atoms with Crippen molar-refractivity contribution >= 4 is 53.3 Å². The van der Waals surface area contributed by atoms with Crippen LogP contribution in [-0.2, 0) is 0 Å². The van der Waals surface area contributed by atoms with Crippen LogP contribution in [0.25, 0.3) is 92.4 Å². The first-order chi connectivity index (χ1) is 24.8. The predicted octanol–water partition coefficient (Wildman–Crippen LogP) is 13.2. The number of nitrogens with zero attached hydrogens (tertiary/aromatic N) is 2. The average Bonchev–Trinajstić information content (AvgIpc) is 3.75. The van der Waals surface area contributed by atoms with Crippen molar-refractivity contribution in [2.24, 2.45) is 0 Å². The average molecular weight is 655 g/mol. The van der Waals surface area contributed by atoms with Gasteiger partial charge < -0.3 is 4.57 Å². The molecule has 0 bridgehead atoms. The number of benzene rings is 7. The second-order valence-corrected chi connectivity index (χ2v) is 13.8. The van der Waals surface area contributed by atoms with Crippen molar-refractivity contribution in [3.8, 4) is 50.5 Å². The van der Waals surface area contributed by atoms with Crippen LogP contribution in [0, 0.1) is 0 Å². The number of aromatic nitrogens is 2. The molecular weight excluding hydrogens is 625 g/mol. The molecule has 0 spiro atoms. The van der Waals surface area contributed by atoms with Crippen LogP contribution in [0.1, 0.15) is 0 Å². The van der Waals surface area contributed by atoms with E-state index >= 15 is 0 Å². The molecular formula is C47H30N2S. The topological polar surface area (TPSA) is 17.8 Å². The smallest absolute Gasteiger partial charge is 0.0715 e. The summed E-state index contributed by atoms with van der Waals surface area (Å²) in [6.45, 7) is 0. The maximum Gasteiger partial charge on any atom is 0.0715 e. The van der Waals surface area contributed by atoms with Gasteiger partial charge in [-0.25, -0.2) is 4.98 Å². The molecule has 10 aromatic rings. The van der Waals surface area contributed by atoms with E-state index in [0.29, 0.717) is 0 Å². The molecule has 0 saturated heterocycles. The largest absolute Gasteiger partial charge is 0.309 e. The summed E-state index contributed by atoms with van der Waals surface area (Å²) in [5.74, 6) is 0. The Hall–Kier alpha value is -6.29. The zero-order valence-electron chi connectivity index (χ0n) is 27.1. The molecule has 0 aliphatic carbocycles. The first-order valence-corrected chi connectivity index (χ1v) is 17.8. The summed E-state index contributed by atoms with van der Waals surface area (Å²) in [5, 5.41) is 5.22. The van der Waals surface area contributed by atoms with Crippen LogP contribution in [0.4, 0.5) is 0 Å². The fraction of sp³-hybridized carbons (Fsp3) is 0. The molecule has 50 heavy (non-hydrogen) atoms. The molecule has 7 aromatic carbocycles. The first-order valence-electron chi connectivity index (χ1n) is 17.0. The lowest BCUT2D eigenvalue weighted by atomic mass is 9.98. The molecule has 0 amide bonds. The van der Waals surface area contributed by atoms with Crippen molar-refractivity contribution < 1.29 is 0 Å². The van der Waals surface area contributed by atoms with E-state index in [4.69, 9.17) is 4.98 Å². The van der Waals surface area contributed by atoms with Crippen molar-refractivity contribution in [2.75, 3.05) is 0 Å². The Morgan fingerprint density at radius 1 is 0.380 bits per heavy atom. The van der Waals surface area contributed by atoms with Crippen LogP contribution in [-0.4, -0.2) is 9.55 Å². The molecule has 3 heterocycles. The summed E-state index contributed by atoms with van der Waals surface area (Å²) in [4.78, 5) is 5.16. The molecule has 0 saturated carbocycles. The molecule has 2 nitrogen and oxygen atoms in total. The van der Waals surface area contributed by atoms with Crippen LogP contribution in [0.3, 0.4) is 0 Å². The number of hydrogen-bond acceptors (Lipinski definition) is 2. The van der Waals surface area contributed by atoms with Crippen LogP contribution < -0.4 is 0 Å². The Morgan fingerprint density at radius 2 is 0.960 bits per heavy atom. The van der Waals surface area contributed by atoms with Crippen molar-refractivity contribution in [3.63, 3.8) is 0 Å². The van der Waals surface area contributed by atoms with Crippen LogP contribution in [0.2, 0.25) is 0 Å². The highest BCUT2D eigenvalue weighted by Gasteiger charge is 2.19. The number of thiophene rings is 1. The van der Waals surface area contributed by atoms with Crippen molar-refractivity contribution in [3.05, 3.63) is 182 Å². The molecule has 10 rings (SSSR count). The second-order valence-electron chi connectivity index (χ2n) is 12.7. The van der Waals surface area contributed by atoms with E-state index in [1.807, 2.05) is 17.4 Å². The third-order valence-corrected chi connectivity index (χ3v) is 11.1. The number of rotatable bonds is 5. The van der Waals surface area contributed by atoms with E-state index < -0.39 is 0 Å². The van der Waals surface area contributed by atoms with Gasteiger partial charge in [-0.05, 0) is 58.7 Å². The lowest BCUT2D eigenvalue weighted by Crippen LogP contribution is -1.92. The van der Waals surface area contributed by atoms with E-state index in [1.54, 1.807) is 0 Å². The molecule has 0 radical (unpaired) electrons. The van der Waals surface area contributed by atoms with Crippen LogP contribution >= 0.6 is 11.3 Å². The Bertz CT molecular complexity index is 2770. The maximum absolute atomic E-state index is 5.16. The second kappa shape index (κ2) is 11.7. The highest BCUT2D eigenvalue weighted by atomic mass is 32.1. The highest BCUT2D eigenvalue weighted by Crippen LogP contribution is 2.46. The van der Waals surface area contributed by atoms with Gasteiger partial charge in [0.1, 0.15) is 0 Å². The maximum atomic E-state index is 5.16. The van der Waals surface area contributed by atoms with E-state index in [9.17, 15) is 0 Å². The molecule has 0 unspecified atom stereocenters. The Morgan fingerprint density at radius 3 is 1.70 bits per heavy atom. The molecule has 0 atom stereocenters. The van der Waals surface area contributed by atoms with Gasteiger partial charge in [0.25, 0.3) is 0 Å². The summed E-state index contributed by atoms with van der Waals surface area (Å²) in [5.41, 5.74) is 12.6. The van der Waals surface area contributed by atoms with E-state index in [0.717, 1.165) is 28.1 Å². The fourth-order valence-corrected chi connectivity index (χ4v) is 8.84. The van der Waals surface area contributed by atoms with Crippen LogP contribution in [0.15, 0.2) is 182 Å². The lowest BCUT2D eigenvalue weighted by molar-refractivity contribution is 1.18. The normalized spacial score (nSPS) is 11.6. The summed E-state index contributed by atoms with van der Waals surface area (Å²) in [6, 6.07) is 65.2. The molecule has 0 fully saturated rings. The van der Waals surface area contributed by atoms with E-state index in [2.05, 4.69) is 180 Å².